The lowest BCUT2D eigenvalue weighted by Gasteiger charge is -2.13. The number of hydrogen-bond acceptors (Lipinski definition) is 4. The average molecular weight is 276 g/mol. The summed E-state index contributed by atoms with van der Waals surface area (Å²) in [6.07, 6.45) is 3.15. The summed E-state index contributed by atoms with van der Waals surface area (Å²) in [5, 5.41) is 0. The van der Waals surface area contributed by atoms with Crippen LogP contribution in [0.15, 0.2) is 12.9 Å². The lowest BCUT2D eigenvalue weighted by molar-refractivity contribution is 1.06. The number of halogens is 1. The Morgan fingerprint density at radius 1 is 1.67 bits per heavy atom. The third-order valence-electron chi connectivity index (χ3n) is 1.44. The summed E-state index contributed by atoms with van der Waals surface area (Å²) in [7, 11) is 0. The number of aromatic nitrogens is 2. The molecule has 0 bridgehead atoms. The molecule has 1 aromatic rings. The number of anilines is 1. The molecule has 0 atom stereocenters. The molecule has 1 rings (SSSR count). The first-order chi connectivity index (χ1) is 5.66. The lowest BCUT2D eigenvalue weighted by Crippen LogP contribution is -2.20. The molecule has 0 unspecified atom stereocenters. The van der Waals surface area contributed by atoms with Crippen molar-refractivity contribution in [3.05, 3.63) is 24.3 Å². The average Bonchev–Trinajstić information content (AvgIpc) is 2.03. The van der Waals surface area contributed by atoms with Crippen molar-refractivity contribution in [1.29, 1.82) is 0 Å². The van der Waals surface area contributed by atoms with Crippen molar-refractivity contribution in [3.8, 4) is 0 Å². The molecule has 0 aliphatic heterocycles. The molecule has 0 amide bonds. The van der Waals surface area contributed by atoms with Crippen molar-refractivity contribution < 1.29 is 0 Å². The van der Waals surface area contributed by atoms with Gasteiger partial charge in [-0.2, -0.15) is 0 Å². The minimum Gasteiger partial charge on any atom is -0.247 e. The quantitative estimate of drug-likeness (QED) is 0.384. The Bertz CT molecular complexity index is 297. The Kier molecular flexibility index (Phi) is 2.99. The Labute approximate surface area is 85.0 Å². The standard InChI is InChI=1S/C7H9IN4/c1-3-6-7(12(8)9)5(2)10-4-11-6/h3-4H,1,9H2,2H3. The fourth-order valence-corrected chi connectivity index (χ4v) is 1.49. The molecule has 0 aliphatic carbocycles. The summed E-state index contributed by atoms with van der Waals surface area (Å²) < 4.78 is 1.46. The van der Waals surface area contributed by atoms with Crippen LogP contribution >= 0.6 is 22.9 Å². The Balaban J connectivity index is 3.29. The molecule has 0 saturated carbocycles. The molecule has 0 aliphatic rings. The van der Waals surface area contributed by atoms with Gasteiger partial charge in [-0.15, -0.1) is 0 Å². The second kappa shape index (κ2) is 3.81. The summed E-state index contributed by atoms with van der Waals surface area (Å²) in [6, 6.07) is 0. The van der Waals surface area contributed by atoms with Gasteiger partial charge in [-0.05, 0) is 13.0 Å². The van der Waals surface area contributed by atoms with Gasteiger partial charge >= 0.3 is 0 Å². The van der Waals surface area contributed by atoms with Crippen molar-refractivity contribution >= 4 is 34.6 Å². The Morgan fingerprint density at radius 3 is 2.75 bits per heavy atom. The van der Waals surface area contributed by atoms with Gasteiger partial charge in [0.2, 0.25) is 0 Å². The van der Waals surface area contributed by atoms with Crippen molar-refractivity contribution in [1.82, 2.24) is 9.97 Å². The molecule has 0 aromatic carbocycles. The summed E-state index contributed by atoms with van der Waals surface area (Å²) in [5.41, 5.74) is 2.39. The molecule has 2 N–H and O–H groups in total. The van der Waals surface area contributed by atoms with Crippen LogP contribution in [-0.4, -0.2) is 9.97 Å². The van der Waals surface area contributed by atoms with E-state index in [1.165, 1.54) is 9.55 Å². The molecule has 0 spiro atoms. The van der Waals surface area contributed by atoms with Crippen LogP contribution in [0.3, 0.4) is 0 Å². The molecule has 12 heavy (non-hydrogen) atoms. The van der Waals surface area contributed by atoms with Crippen molar-refractivity contribution in [2.45, 2.75) is 6.92 Å². The SMILES string of the molecule is C=Cc1ncnc(C)c1N(N)I. The van der Waals surface area contributed by atoms with Gasteiger partial charge in [0.05, 0.1) is 34.3 Å². The van der Waals surface area contributed by atoms with Gasteiger partial charge in [-0.1, -0.05) is 6.58 Å². The molecular formula is C7H9IN4. The summed E-state index contributed by atoms with van der Waals surface area (Å²) >= 11 is 1.97. The second-order valence-electron chi connectivity index (χ2n) is 2.21. The van der Waals surface area contributed by atoms with E-state index in [1.54, 1.807) is 6.08 Å². The van der Waals surface area contributed by atoms with Gasteiger partial charge in [0.25, 0.3) is 0 Å². The minimum atomic E-state index is 0.749. The van der Waals surface area contributed by atoms with E-state index in [4.69, 9.17) is 5.84 Å². The highest BCUT2D eigenvalue weighted by atomic mass is 127. The van der Waals surface area contributed by atoms with Crippen LogP contribution < -0.4 is 9.06 Å². The summed E-state index contributed by atoms with van der Waals surface area (Å²) in [5.74, 6) is 5.58. The number of aryl methyl sites for hydroxylation is 1. The van der Waals surface area contributed by atoms with Crippen molar-refractivity contribution in [3.63, 3.8) is 0 Å². The highest BCUT2D eigenvalue weighted by Crippen LogP contribution is 2.22. The van der Waals surface area contributed by atoms with Crippen molar-refractivity contribution in [2.24, 2.45) is 5.84 Å². The fourth-order valence-electron chi connectivity index (χ4n) is 0.899. The third kappa shape index (κ3) is 1.72. The van der Waals surface area contributed by atoms with E-state index >= 15 is 0 Å². The highest BCUT2D eigenvalue weighted by molar-refractivity contribution is 14.1. The van der Waals surface area contributed by atoms with Gasteiger partial charge in [0.15, 0.2) is 0 Å². The first-order valence-electron chi connectivity index (χ1n) is 3.31. The van der Waals surface area contributed by atoms with Gasteiger partial charge in [-0.25, -0.2) is 19.0 Å². The number of hydrazine groups is 1. The van der Waals surface area contributed by atoms with Crippen LogP contribution in [0, 0.1) is 6.92 Å². The second-order valence-corrected chi connectivity index (χ2v) is 3.25. The molecule has 5 heteroatoms. The van der Waals surface area contributed by atoms with Crippen LogP contribution in [0.5, 0.6) is 0 Å². The predicted octanol–water partition coefficient (Wildman–Crippen LogP) is 1.46. The minimum absolute atomic E-state index is 0.749. The smallest absolute Gasteiger partial charge is 0.116 e. The zero-order chi connectivity index (χ0) is 9.14. The Hall–Kier alpha value is -0.690. The van der Waals surface area contributed by atoms with E-state index < -0.39 is 0 Å². The predicted molar refractivity (Wildman–Crippen MR) is 57.5 cm³/mol. The topological polar surface area (TPSA) is 55.0 Å². The van der Waals surface area contributed by atoms with Gasteiger partial charge < -0.3 is 0 Å². The van der Waals surface area contributed by atoms with Crippen LogP contribution in [-0.2, 0) is 0 Å². The maximum atomic E-state index is 5.58. The Morgan fingerprint density at radius 2 is 2.33 bits per heavy atom. The first-order valence-corrected chi connectivity index (χ1v) is 4.28. The summed E-state index contributed by atoms with van der Waals surface area (Å²) in [6.45, 7) is 5.52. The normalized spacial score (nSPS) is 9.58. The third-order valence-corrected chi connectivity index (χ3v) is 1.92. The maximum Gasteiger partial charge on any atom is 0.116 e. The fraction of sp³-hybridized carbons (Fsp3) is 0.143. The van der Waals surface area contributed by atoms with E-state index in [9.17, 15) is 0 Å². The number of rotatable bonds is 2. The molecular weight excluding hydrogens is 267 g/mol. The number of nitrogens with zero attached hydrogens (tertiary/aromatic N) is 3. The van der Waals surface area contributed by atoms with Crippen LogP contribution in [0.25, 0.3) is 6.08 Å². The zero-order valence-electron chi connectivity index (χ0n) is 6.66. The molecule has 4 nitrogen and oxygen atoms in total. The van der Waals surface area contributed by atoms with Crippen LogP contribution in [0.1, 0.15) is 11.4 Å². The van der Waals surface area contributed by atoms with Crippen molar-refractivity contribution in [2.75, 3.05) is 3.22 Å². The molecule has 1 aromatic heterocycles. The van der Waals surface area contributed by atoms with Crippen LogP contribution in [0.4, 0.5) is 5.69 Å². The van der Waals surface area contributed by atoms with E-state index in [2.05, 4.69) is 16.5 Å². The van der Waals surface area contributed by atoms with Gasteiger partial charge in [0.1, 0.15) is 12.0 Å². The first kappa shape index (κ1) is 9.40. The molecule has 0 radical (unpaired) electrons. The number of nitrogens with two attached hydrogens (primary N) is 1. The monoisotopic (exact) mass is 276 g/mol. The number of hydrogen-bond donors (Lipinski definition) is 1. The molecule has 1 heterocycles. The molecule has 64 valence electrons. The van der Waals surface area contributed by atoms with Gasteiger partial charge in [-0.3, -0.25) is 0 Å². The zero-order valence-corrected chi connectivity index (χ0v) is 8.82. The molecule has 0 fully saturated rings. The van der Waals surface area contributed by atoms with E-state index in [0.29, 0.717) is 0 Å². The largest absolute Gasteiger partial charge is 0.247 e. The van der Waals surface area contributed by atoms with E-state index in [0.717, 1.165) is 17.1 Å². The van der Waals surface area contributed by atoms with E-state index in [-0.39, 0.29) is 0 Å². The lowest BCUT2D eigenvalue weighted by atomic mass is 10.3. The van der Waals surface area contributed by atoms with E-state index in [1.807, 2.05) is 29.8 Å². The summed E-state index contributed by atoms with van der Waals surface area (Å²) in [4.78, 5) is 8.05. The maximum absolute atomic E-state index is 5.58. The van der Waals surface area contributed by atoms with Gasteiger partial charge in [0, 0.05) is 0 Å². The highest BCUT2D eigenvalue weighted by Gasteiger charge is 2.08. The molecule has 0 saturated heterocycles. The van der Waals surface area contributed by atoms with Crippen LogP contribution in [0.2, 0.25) is 0 Å².